The molecule has 0 aliphatic heterocycles. The van der Waals surface area contributed by atoms with Crippen LogP contribution in [0.15, 0.2) is 48.5 Å². The van der Waals surface area contributed by atoms with Crippen molar-refractivity contribution in [3.63, 3.8) is 0 Å². The van der Waals surface area contributed by atoms with E-state index in [9.17, 15) is 14.9 Å². The molecule has 6 nitrogen and oxygen atoms in total. The van der Waals surface area contributed by atoms with Gasteiger partial charge in [0.25, 0.3) is 5.69 Å². The zero-order valence-corrected chi connectivity index (χ0v) is 14.3. The van der Waals surface area contributed by atoms with Crippen LogP contribution in [-0.4, -0.2) is 17.9 Å². The molecule has 25 heavy (non-hydrogen) atoms. The van der Waals surface area contributed by atoms with Crippen LogP contribution in [0, 0.1) is 10.1 Å². The third kappa shape index (κ3) is 5.70. The molecular weight excluding hydrogens is 344 g/mol. The first-order chi connectivity index (χ1) is 12.0. The molecule has 130 valence electrons. The van der Waals surface area contributed by atoms with Crippen LogP contribution in [0.25, 0.3) is 6.08 Å². The summed E-state index contributed by atoms with van der Waals surface area (Å²) in [5.74, 6) is -0.293. The molecule has 7 heteroatoms. The Hall–Kier alpha value is -2.70. The number of amides is 1. The Balaban J connectivity index is 1.92. The van der Waals surface area contributed by atoms with Crippen molar-refractivity contribution in [2.75, 3.05) is 7.11 Å². The third-order valence-corrected chi connectivity index (χ3v) is 3.71. The van der Waals surface area contributed by atoms with Crippen molar-refractivity contribution in [3.8, 4) is 0 Å². The standard InChI is InChI=1S/C18H17ClN2O4/c1-25-12-15-4-2-14(3-5-15)11-20-18(22)9-7-13-6-8-16(19)17(10-13)21(23)24/h2-10H,11-12H2,1H3,(H,20,22)/b9-7+. The molecule has 0 fully saturated rings. The molecule has 2 aromatic rings. The minimum atomic E-state index is -0.563. The van der Waals surface area contributed by atoms with Gasteiger partial charge in [-0.2, -0.15) is 0 Å². The first-order valence-corrected chi connectivity index (χ1v) is 7.84. The summed E-state index contributed by atoms with van der Waals surface area (Å²) < 4.78 is 5.04. The third-order valence-electron chi connectivity index (χ3n) is 3.39. The molecule has 0 aromatic heterocycles. The number of rotatable bonds is 7. The Morgan fingerprint density at radius 2 is 1.92 bits per heavy atom. The summed E-state index contributed by atoms with van der Waals surface area (Å²) in [4.78, 5) is 22.2. The van der Waals surface area contributed by atoms with Gasteiger partial charge in [-0.05, 0) is 28.8 Å². The molecule has 0 unspecified atom stereocenters. The molecule has 1 amide bonds. The smallest absolute Gasteiger partial charge is 0.288 e. The number of nitrogens with zero attached hydrogens (tertiary/aromatic N) is 1. The molecule has 0 aliphatic carbocycles. The van der Waals surface area contributed by atoms with Crippen molar-refractivity contribution in [1.29, 1.82) is 0 Å². The first-order valence-electron chi connectivity index (χ1n) is 7.46. The average Bonchev–Trinajstić information content (AvgIpc) is 2.60. The Morgan fingerprint density at radius 3 is 2.56 bits per heavy atom. The van der Waals surface area contributed by atoms with E-state index in [0.29, 0.717) is 18.7 Å². The van der Waals surface area contributed by atoms with E-state index in [1.165, 1.54) is 24.3 Å². The van der Waals surface area contributed by atoms with Gasteiger partial charge in [0.15, 0.2) is 0 Å². The number of carbonyl (C=O) groups excluding carboxylic acids is 1. The maximum absolute atomic E-state index is 11.9. The Labute approximate surface area is 150 Å². The van der Waals surface area contributed by atoms with Gasteiger partial charge in [-0.25, -0.2) is 0 Å². The van der Waals surface area contributed by atoms with Crippen LogP contribution in [0.2, 0.25) is 5.02 Å². The molecule has 0 aliphatic rings. The predicted molar refractivity (Wildman–Crippen MR) is 96.1 cm³/mol. The predicted octanol–water partition coefficient (Wildman–Crippen LogP) is 3.72. The summed E-state index contributed by atoms with van der Waals surface area (Å²) in [6.45, 7) is 0.930. The van der Waals surface area contributed by atoms with Crippen LogP contribution < -0.4 is 5.32 Å². The highest BCUT2D eigenvalue weighted by Gasteiger charge is 2.11. The number of nitro groups is 1. The van der Waals surface area contributed by atoms with Crippen LogP contribution >= 0.6 is 11.6 Å². The number of benzene rings is 2. The quantitative estimate of drug-likeness (QED) is 0.463. The van der Waals surface area contributed by atoms with Crippen LogP contribution in [0.4, 0.5) is 5.69 Å². The number of hydrogen-bond donors (Lipinski definition) is 1. The van der Waals surface area contributed by atoms with Gasteiger partial charge >= 0.3 is 0 Å². The summed E-state index contributed by atoms with van der Waals surface area (Å²) in [5.41, 5.74) is 2.35. The highest BCUT2D eigenvalue weighted by molar-refractivity contribution is 6.32. The van der Waals surface area contributed by atoms with Gasteiger partial charge in [0.2, 0.25) is 5.91 Å². The van der Waals surface area contributed by atoms with E-state index in [1.54, 1.807) is 13.2 Å². The average molecular weight is 361 g/mol. The summed E-state index contributed by atoms with van der Waals surface area (Å²) in [5, 5.41) is 13.7. The molecule has 0 atom stereocenters. The Morgan fingerprint density at radius 1 is 1.24 bits per heavy atom. The maximum atomic E-state index is 11.9. The second-order valence-electron chi connectivity index (χ2n) is 5.27. The number of nitro benzene ring substituents is 1. The van der Waals surface area contributed by atoms with E-state index in [4.69, 9.17) is 16.3 Å². The minimum Gasteiger partial charge on any atom is -0.380 e. The normalized spacial score (nSPS) is 10.8. The summed E-state index contributed by atoms with van der Waals surface area (Å²) in [6, 6.07) is 12.1. The molecule has 1 N–H and O–H groups in total. The van der Waals surface area contributed by atoms with Crippen molar-refractivity contribution in [3.05, 3.63) is 80.4 Å². The molecule has 0 radical (unpaired) electrons. The van der Waals surface area contributed by atoms with Crippen LogP contribution in [0.1, 0.15) is 16.7 Å². The topological polar surface area (TPSA) is 81.5 Å². The van der Waals surface area contributed by atoms with Gasteiger partial charge in [-0.1, -0.05) is 41.9 Å². The van der Waals surface area contributed by atoms with E-state index in [0.717, 1.165) is 11.1 Å². The Bertz CT molecular complexity index is 788. The zero-order chi connectivity index (χ0) is 18.2. The lowest BCUT2D eigenvalue weighted by Crippen LogP contribution is -2.20. The molecule has 0 bridgehead atoms. The van der Waals surface area contributed by atoms with Crippen molar-refractivity contribution in [2.45, 2.75) is 13.2 Å². The first kappa shape index (κ1) is 18.6. The number of halogens is 1. The van der Waals surface area contributed by atoms with E-state index in [2.05, 4.69) is 5.32 Å². The second-order valence-corrected chi connectivity index (χ2v) is 5.68. The van der Waals surface area contributed by atoms with Gasteiger partial charge < -0.3 is 10.1 Å². The van der Waals surface area contributed by atoms with Crippen molar-refractivity contribution in [1.82, 2.24) is 5.32 Å². The number of methoxy groups -OCH3 is 1. The number of nitrogens with one attached hydrogen (secondary N) is 1. The van der Waals surface area contributed by atoms with Gasteiger partial charge in [-0.3, -0.25) is 14.9 Å². The molecule has 2 aromatic carbocycles. The van der Waals surface area contributed by atoms with Gasteiger partial charge in [-0.15, -0.1) is 0 Å². The lowest BCUT2D eigenvalue weighted by molar-refractivity contribution is -0.384. The van der Waals surface area contributed by atoms with Gasteiger partial charge in [0.05, 0.1) is 11.5 Å². The summed E-state index contributed by atoms with van der Waals surface area (Å²) in [7, 11) is 1.63. The van der Waals surface area contributed by atoms with Crippen molar-refractivity contribution in [2.24, 2.45) is 0 Å². The van der Waals surface area contributed by atoms with Crippen molar-refractivity contribution < 1.29 is 14.5 Å². The van der Waals surface area contributed by atoms with E-state index < -0.39 is 4.92 Å². The number of carbonyl (C=O) groups is 1. The van der Waals surface area contributed by atoms with Gasteiger partial charge in [0, 0.05) is 25.8 Å². The molecule has 0 spiro atoms. The second kappa shape index (κ2) is 8.96. The fourth-order valence-corrected chi connectivity index (χ4v) is 2.30. The zero-order valence-electron chi connectivity index (χ0n) is 13.6. The lowest BCUT2D eigenvalue weighted by atomic mass is 10.1. The Kier molecular flexibility index (Phi) is 6.68. The van der Waals surface area contributed by atoms with Crippen molar-refractivity contribution >= 4 is 29.3 Å². The maximum Gasteiger partial charge on any atom is 0.288 e. The van der Waals surface area contributed by atoms with Gasteiger partial charge in [0.1, 0.15) is 5.02 Å². The molecular formula is C18H17ClN2O4. The highest BCUT2D eigenvalue weighted by Crippen LogP contribution is 2.25. The largest absolute Gasteiger partial charge is 0.380 e. The SMILES string of the molecule is COCc1ccc(CNC(=O)/C=C/c2ccc(Cl)c([N+](=O)[O-])c2)cc1. The molecule has 2 rings (SSSR count). The molecule has 0 saturated carbocycles. The number of ether oxygens (including phenoxy) is 1. The molecule has 0 saturated heterocycles. The van der Waals surface area contributed by atoms with Crippen LogP contribution in [0.3, 0.4) is 0 Å². The van der Waals surface area contributed by atoms with E-state index in [-0.39, 0.29) is 16.6 Å². The van der Waals surface area contributed by atoms with E-state index >= 15 is 0 Å². The molecule has 0 heterocycles. The monoisotopic (exact) mass is 360 g/mol. The number of hydrogen-bond acceptors (Lipinski definition) is 4. The van der Waals surface area contributed by atoms with Crippen LogP contribution in [-0.2, 0) is 22.7 Å². The summed E-state index contributed by atoms with van der Waals surface area (Å²) in [6.07, 6.45) is 2.83. The summed E-state index contributed by atoms with van der Waals surface area (Å²) >= 11 is 5.75. The van der Waals surface area contributed by atoms with E-state index in [1.807, 2.05) is 24.3 Å². The fraction of sp³-hybridized carbons (Fsp3) is 0.167. The van der Waals surface area contributed by atoms with Crippen LogP contribution in [0.5, 0.6) is 0 Å². The lowest BCUT2D eigenvalue weighted by Gasteiger charge is -2.04. The fourth-order valence-electron chi connectivity index (χ4n) is 2.11. The highest BCUT2D eigenvalue weighted by atomic mass is 35.5. The minimum absolute atomic E-state index is 0.0588.